The number of carbonyl (C=O) groups is 2. The number of aromatic carboxylic acids is 1. The molecule has 0 saturated carbocycles. The molecule has 2 aromatic rings. The minimum absolute atomic E-state index is 0.0634. The average Bonchev–Trinajstić information content (AvgIpc) is 2.43. The molecule has 0 spiro atoms. The molecule has 108 valence electrons. The van der Waals surface area contributed by atoms with E-state index < -0.39 is 5.97 Å². The standard InChI is InChI=1S/C16H14INO3/c1-9-3-4-11(7-10(9)2)15(19)18-12-5-6-14(17)13(8-12)16(20)21/h3-8H,1-2H3,(H,18,19)(H,20,21)/p-1. The fourth-order valence-corrected chi connectivity index (χ4v) is 2.40. The average molecular weight is 394 g/mol. The van der Waals surface area contributed by atoms with Crippen molar-refractivity contribution in [2.24, 2.45) is 0 Å². The number of hydrogen-bond donors (Lipinski definition) is 1. The number of anilines is 1. The maximum atomic E-state index is 12.2. The van der Waals surface area contributed by atoms with Crippen LogP contribution < -0.4 is 10.4 Å². The SMILES string of the molecule is Cc1ccc(C(=O)Nc2ccc(I)c(C(=O)[O-])c2)cc1C. The topological polar surface area (TPSA) is 69.2 Å². The summed E-state index contributed by atoms with van der Waals surface area (Å²) >= 11 is 1.91. The molecular formula is C16H13INO3-. The van der Waals surface area contributed by atoms with E-state index in [1.54, 1.807) is 24.3 Å². The maximum absolute atomic E-state index is 12.2. The van der Waals surface area contributed by atoms with Crippen LogP contribution in [-0.2, 0) is 0 Å². The van der Waals surface area contributed by atoms with Gasteiger partial charge in [-0.3, -0.25) is 4.79 Å². The molecule has 0 bridgehead atoms. The summed E-state index contributed by atoms with van der Waals surface area (Å²) in [6, 6.07) is 10.1. The third-order valence-corrected chi connectivity index (χ3v) is 4.15. The Hall–Kier alpha value is -1.89. The highest BCUT2D eigenvalue weighted by atomic mass is 127. The first kappa shape index (κ1) is 15.5. The summed E-state index contributed by atoms with van der Waals surface area (Å²) in [7, 11) is 0. The van der Waals surface area contributed by atoms with Gasteiger partial charge in [0, 0.05) is 20.4 Å². The predicted molar refractivity (Wildman–Crippen MR) is 87.4 cm³/mol. The van der Waals surface area contributed by atoms with Crippen molar-refractivity contribution in [3.05, 3.63) is 62.2 Å². The number of carboxylic acid groups (broad SMARTS) is 1. The largest absolute Gasteiger partial charge is 0.545 e. The highest BCUT2D eigenvalue weighted by Gasteiger charge is 2.09. The lowest BCUT2D eigenvalue weighted by atomic mass is 10.1. The predicted octanol–water partition coefficient (Wildman–Crippen LogP) is 2.52. The van der Waals surface area contributed by atoms with Crippen LogP contribution in [0.4, 0.5) is 5.69 Å². The second-order valence-corrected chi connectivity index (χ2v) is 5.90. The van der Waals surface area contributed by atoms with Gasteiger partial charge in [0.2, 0.25) is 0 Å². The summed E-state index contributed by atoms with van der Waals surface area (Å²) in [5.74, 6) is -1.54. The number of carbonyl (C=O) groups excluding carboxylic acids is 2. The van der Waals surface area contributed by atoms with Gasteiger partial charge in [0.25, 0.3) is 5.91 Å². The van der Waals surface area contributed by atoms with E-state index in [0.717, 1.165) is 11.1 Å². The number of aryl methyl sites for hydroxylation is 2. The number of benzene rings is 2. The zero-order valence-corrected chi connectivity index (χ0v) is 13.7. The van der Waals surface area contributed by atoms with Crippen molar-refractivity contribution >= 4 is 40.2 Å². The number of nitrogens with one attached hydrogen (secondary N) is 1. The zero-order chi connectivity index (χ0) is 15.6. The van der Waals surface area contributed by atoms with E-state index >= 15 is 0 Å². The zero-order valence-electron chi connectivity index (χ0n) is 11.6. The summed E-state index contributed by atoms with van der Waals surface area (Å²) < 4.78 is 0.566. The van der Waals surface area contributed by atoms with Crippen molar-refractivity contribution in [3.63, 3.8) is 0 Å². The molecule has 21 heavy (non-hydrogen) atoms. The Morgan fingerprint density at radius 1 is 1.05 bits per heavy atom. The minimum atomic E-state index is -1.26. The highest BCUT2D eigenvalue weighted by Crippen LogP contribution is 2.18. The van der Waals surface area contributed by atoms with Gasteiger partial charge in [0.1, 0.15) is 0 Å². The Kier molecular flexibility index (Phi) is 4.62. The van der Waals surface area contributed by atoms with Gasteiger partial charge < -0.3 is 15.2 Å². The van der Waals surface area contributed by atoms with Crippen LogP contribution in [0.1, 0.15) is 31.8 Å². The molecule has 0 unspecified atom stereocenters. The van der Waals surface area contributed by atoms with E-state index in [1.807, 2.05) is 42.5 Å². The summed E-state index contributed by atoms with van der Waals surface area (Å²) in [5, 5.41) is 13.7. The number of rotatable bonds is 3. The summed E-state index contributed by atoms with van der Waals surface area (Å²) in [4.78, 5) is 23.2. The van der Waals surface area contributed by atoms with E-state index in [4.69, 9.17) is 0 Å². The highest BCUT2D eigenvalue weighted by molar-refractivity contribution is 14.1. The molecule has 0 saturated heterocycles. The molecule has 0 atom stereocenters. The van der Waals surface area contributed by atoms with Gasteiger partial charge in [-0.2, -0.15) is 0 Å². The van der Waals surface area contributed by atoms with Crippen molar-refractivity contribution in [2.75, 3.05) is 5.32 Å². The van der Waals surface area contributed by atoms with Gasteiger partial charge >= 0.3 is 0 Å². The molecule has 2 rings (SSSR count). The normalized spacial score (nSPS) is 10.2. The van der Waals surface area contributed by atoms with Crippen molar-refractivity contribution in [1.82, 2.24) is 0 Å². The van der Waals surface area contributed by atoms with Crippen LogP contribution in [0.3, 0.4) is 0 Å². The first-order valence-electron chi connectivity index (χ1n) is 6.28. The van der Waals surface area contributed by atoms with Crippen LogP contribution in [0.15, 0.2) is 36.4 Å². The molecule has 1 amide bonds. The van der Waals surface area contributed by atoms with E-state index in [1.165, 1.54) is 6.07 Å². The molecule has 0 radical (unpaired) electrons. The van der Waals surface area contributed by atoms with Crippen LogP contribution in [0.25, 0.3) is 0 Å². The van der Waals surface area contributed by atoms with E-state index in [-0.39, 0.29) is 11.5 Å². The molecule has 5 heteroatoms. The second-order valence-electron chi connectivity index (χ2n) is 4.74. The summed E-state index contributed by atoms with van der Waals surface area (Å²) in [5.41, 5.74) is 3.17. The third kappa shape index (κ3) is 3.60. The van der Waals surface area contributed by atoms with Crippen LogP contribution in [-0.4, -0.2) is 11.9 Å². The summed E-state index contributed by atoms with van der Waals surface area (Å²) in [6.07, 6.45) is 0. The molecular weight excluding hydrogens is 381 g/mol. The molecule has 0 aromatic heterocycles. The second kappa shape index (κ2) is 6.26. The Balaban J connectivity index is 2.25. The molecule has 0 heterocycles. The molecule has 0 aliphatic rings. The number of carboxylic acids is 1. The lowest BCUT2D eigenvalue weighted by Crippen LogP contribution is -2.23. The first-order chi connectivity index (χ1) is 9.88. The van der Waals surface area contributed by atoms with Crippen molar-refractivity contribution < 1.29 is 14.7 Å². The molecule has 2 aromatic carbocycles. The number of halogens is 1. The molecule has 0 aliphatic carbocycles. The Morgan fingerprint density at radius 2 is 1.76 bits per heavy atom. The minimum Gasteiger partial charge on any atom is -0.545 e. The fraction of sp³-hybridized carbons (Fsp3) is 0.125. The first-order valence-corrected chi connectivity index (χ1v) is 7.36. The van der Waals surface area contributed by atoms with Crippen molar-refractivity contribution in [1.29, 1.82) is 0 Å². The van der Waals surface area contributed by atoms with Crippen LogP contribution in [0, 0.1) is 17.4 Å². The van der Waals surface area contributed by atoms with Crippen LogP contribution in [0.2, 0.25) is 0 Å². The molecule has 0 aliphatic heterocycles. The fourth-order valence-electron chi connectivity index (χ4n) is 1.85. The molecule has 0 fully saturated rings. The van der Waals surface area contributed by atoms with Gasteiger partial charge in [-0.25, -0.2) is 0 Å². The van der Waals surface area contributed by atoms with E-state index in [0.29, 0.717) is 14.8 Å². The van der Waals surface area contributed by atoms with Crippen LogP contribution in [0.5, 0.6) is 0 Å². The van der Waals surface area contributed by atoms with E-state index in [2.05, 4.69) is 5.32 Å². The van der Waals surface area contributed by atoms with Gasteiger partial charge in [-0.1, -0.05) is 6.07 Å². The number of amides is 1. The van der Waals surface area contributed by atoms with Gasteiger partial charge in [0.05, 0.1) is 5.97 Å². The summed E-state index contributed by atoms with van der Waals surface area (Å²) in [6.45, 7) is 3.91. The number of hydrogen-bond acceptors (Lipinski definition) is 3. The van der Waals surface area contributed by atoms with Gasteiger partial charge in [-0.05, 0) is 77.9 Å². The molecule has 4 nitrogen and oxygen atoms in total. The Bertz CT molecular complexity index is 725. The molecule has 1 N–H and O–H groups in total. The lowest BCUT2D eigenvalue weighted by molar-refractivity contribution is -0.255. The van der Waals surface area contributed by atoms with Crippen molar-refractivity contribution in [3.8, 4) is 0 Å². The maximum Gasteiger partial charge on any atom is 0.255 e. The van der Waals surface area contributed by atoms with Crippen LogP contribution >= 0.6 is 22.6 Å². The lowest BCUT2D eigenvalue weighted by Gasteiger charge is -2.11. The quantitative estimate of drug-likeness (QED) is 0.814. The van der Waals surface area contributed by atoms with E-state index in [9.17, 15) is 14.7 Å². The monoisotopic (exact) mass is 394 g/mol. The van der Waals surface area contributed by atoms with Crippen molar-refractivity contribution in [2.45, 2.75) is 13.8 Å². The smallest absolute Gasteiger partial charge is 0.255 e. The Morgan fingerprint density at radius 3 is 2.38 bits per heavy atom. The van der Waals surface area contributed by atoms with Gasteiger partial charge in [-0.15, -0.1) is 0 Å². The Labute approximate surface area is 136 Å². The van der Waals surface area contributed by atoms with Gasteiger partial charge in [0.15, 0.2) is 0 Å². The third-order valence-electron chi connectivity index (χ3n) is 3.21.